The lowest BCUT2D eigenvalue weighted by Gasteiger charge is -2.16. The molecule has 4 rings (SSSR count). The van der Waals surface area contributed by atoms with E-state index in [0.29, 0.717) is 34.5 Å². The molecule has 1 fully saturated rings. The first kappa shape index (κ1) is 20.9. The molecule has 2 heterocycles. The number of ether oxygens (including phenoxy) is 1. The number of carboxylic acid groups (broad SMARTS) is 1. The highest BCUT2D eigenvalue weighted by Gasteiger charge is 2.32. The van der Waals surface area contributed by atoms with Gasteiger partial charge in [0.25, 0.3) is 0 Å². The number of benzene rings is 1. The van der Waals surface area contributed by atoms with Crippen molar-refractivity contribution < 1.29 is 27.8 Å². The number of carboxylic acids is 1. The highest BCUT2D eigenvalue weighted by Crippen LogP contribution is 2.36. The molecule has 0 amide bonds. The van der Waals surface area contributed by atoms with Gasteiger partial charge in [-0.3, -0.25) is 9.79 Å². The SMILES string of the molecule is O=C(O)CC[C@@H]1CSC(c2cc3cc(OC(F)(F)F)cc(NC4CCCC4)c3[nH]2)=N1. The standard InChI is InChI=1S/C20H22F3N3O3S/c21-20(22,23)29-14-7-11-8-16(19-25-13(10-30-19)5-6-17(27)28)26-18(11)15(9-14)24-12-3-1-2-4-12/h7-9,12-13,24,26H,1-6,10H2,(H,27,28)/t13-/m1/s1. The molecule has 3 N–H and O–H groups in total. The van der Waals surface area contributed by atoms with Gasteiger partial charge >= 0.3 is 12.3 Å². The molecule has 1 aromatic carbocycles. The van der Waals surface area contributed by atoms with Gasteiger partial charge in [-0.2, -0.15) is 0 Å². The van der Waals surface area contributed by atoms with Crippen molar-refractivity contribution in [3.8, 4) is 5.75 Å². The fraction of sp³-hybridized carbons (Fsp3) is 0.500. The first-order valence-electron chi connectivity index (χ1n) is 9.88. The number of hydrogen-bond donors (Lipinski definition) is 3. The van der Waals surface area contributed by atoms with E-state index in [1.807, 2.05) is 0 Å². The molecule has 30 heavy (non-hydrogen) atoms. The number of aromatic amines is 1. The van der Waals surface area contributed by atoms with Crippen molar-refractivity contribution in [1.29, 1.82) is 0 Å². The molecule has 1 saturated carbocycles. The van der Waals surface area contributed by atoms with E-state index in [9.17, 15) is 18.0 Å². The Kier molecular flexibility index (Phi) is 5.86. The number of aliphatic carboxylic acids is 1. The number of fused-ring (bicyclic) bond motifs is 1. The van der Waals surface area contributed by atoms with Crippen molar-refractivity contribution in [2.24, 2.45) is 4.99 Å². The number of aromatic nitrogens is 1. The highest BCUT2D eigenvalue weighted by molar-refractivity contribution is 8.14. The number of nitrogens with one attached hydrogen (secondary N) is 2. The minimum atomic E-state index is -4.76. The normalized spacial score (nSPS) is 20.0. The summed E-state index contributed by atoms with van der Waals surface area (Å²) in [5.41, 5.74) is 2.01. The van der Waals surface area contributed by atoms with Crippen LogP contribution in [0, 0.1) is 0 Å². The first-order valence-corrected chi connectivity index (χ1v) is 10.9. The number of carbonyl (C=O) groups is 1. The summed E-state index contributed by atoms with van der Waals surface area (Å²) >= 11 is 1.52. The Morgan fingerprint density at radius 3 is 2.77 bits per heavy atom. The average molecular weight is 441 g/mol. The van der Waals surface area contributed by atoms with Crippen LogP contribution in [0.1, 0.15) is 44.2 Å². The molecule has 1 aliphatic heterocycles. The lowest BCUT2D eigenvalue weighted by atomic mass is 10.1. The van der Waals surface area contributed by atoms with Crippen molar-refractivity contribution in [3.63, 3.8) is 0 Å². The number of anilines is 1. The summed E-state index contributed by atoms with van der Waals surface area (Å²) in [5.74, 6) is -0.427. The largest absolute Gasteiger partial charge is 0.573 e. The quantitative estimate of drug-likeness (QED) is 0.553. The molecule has 2 aliphatic rings. The van der Waals surface area contributed by atoms with E-state index in [2.05, 4.69) is 20.0 Å². The van der Waals surface area contributed by atoms with Crippen LogP contribution < -0.4 is 10.1 Å². The molecule has 2 aromatic rings. The molecule has 6 nitrogen and oxygen atoms in total. The van der Waals surface area contributed by atoms with Crippen molar-refractivity contribution in [3.05, 3.63) is 23.9 Å². The van der Waals surface area contributed by atoms with Crippen LogP contribution in [0.3, 0.4) is 0 Å². The molecule has 1 aliphatic carbocycles. The Morgan fingerprint density at radius 2 is 2.07 bits per heavy atom. The van der Waals surface area contributed by atoms with Crippen LogP contribution in [0.15, 0.2) is 23.2 Å². The third-order valence-electron chi connectivity index (χ3n) is 5.28. The zero-order chi connectivity index (χ0) is 21.3. The van der Waals surface area contributed by atoms with E-state index >= 15 is 0 Å². The van der Waals surface area contributed by atoms with Gasteiger partial charge in [-0.25, -0.2) is 0 Å². The molecule has 10 heteroatoms. The zero-order valence-electron chi connectivity index (χ0n) is 16.1. The molecule has 1 aromatic heterocycles. The summed E-state index contributed by atoms with van der Waals surface area (Å²) in [7, 11) is 0. The van der Waals surface area contributed by atoms with Gasteiger partial charge in [-0.15, -0.1) is 24.9 Å². The summed E-state index contributed by atoms with van der Waals surface area (Å²) in [6.45, 7) is 0. The van der Waals surface area contributed by atoms with Crippen molar-refractivity contribution in [2.45, 2.75) is 57.0 Å². The van der Waals surface area contributed by atoms with Crippen LogP contribution in [0.2, 0.25) is 0 Å². The van der Waals surface area contributed by atoms with Gasteiger partial charge in [0.1, 0.15) is 10.8 Å². The van der Waals surface area contributed by atoms with E-state index in [4.69, 9.17) is 5.11 Å². The summed E-state index contributed by atoms with van der Waals surface area (Å²) in [4.78, 5) is 18.7. The average Bonchev–Trinajstić information content (AvgIpc) is 3.38. The van der Waals surface area contributed by atoms with E-state index in [-0.39, 0.29) is 24.3 Å². The number of thioether (sulfide) groups is 1. The van der Waals surface area contributed by atoms with Gasteiger partial charge in [0.05, 0.1) is 22.9 Å². The smallest absolute Gasteiger partial charge is 0.481 e. The topological polar surface area (TPSA) is 86.7 Å². The molecule has 0 unspecified atom stereocenters. The lowest BCUT2D eigenvalue weighted by molar-refractivity contribution is -0.274. The molecule has 0 radical (unpaired) electrons. The van der Waals surface area contributed by atoms with E-state index in [1.165, 1.54) is 23.9 Å². The number of rotatable bonds is 7. The van der Waals surface area contributed by atoms with Crippen LogP contribution >= 0.6 is 11.8 Å². The summed E-state index contributed by atoms with van der Waals surface area (Å²) in [6.07, 6.45) is -0.0888. The minimum Gasteiger partial charge on any atom is -0.481 e. The molecule has 0 saturated heterocycles. The molecule has 0 bridgehead atoms. The molecular formula is C20H22F3N3O3S. The Morgan fingerprint density at radius 1 is 1.30 bits per heavy atom. The summed E-state index contributed by atoms with van der Waals surface area (Å²) < 4.78 is 42.5. The van der Waals surface area contributed by atoms with Crippen LogP contribution in [0.4, 0.5) is 18.9 Å². The molecule has 1 atom stereocenters. The predicted octanol–water partition coefficient (Wildman–Crippen LogP) is 5.15. The van der Waals surface area contributed by atoms with Gasteiger partial charge in [0.2, 0.25) is 0 Å². The maximum atomic E-state index is 12.8. The Hall–Kier alpha value is -2.36. The van der Waals surface area contributed by atoms with Gasteiger partial charge in [0, 0.05) is 29.7 Å². The number of hydrogen-bond acceptors (Lipinski definition) is 5. The number of halogens is 3. The van der Waals surface area contributed by atoms with Crippen LogP contribution in [0.5, 0.6) is 5.75 Å². The summed E-state index contributed by atoms with van der Waals surface area (Å²) in [5, 5.41) is 13.6. The Balaban J connectivity index is 1.64. The number of H-pyrrole nitrogens is 1. The Bertz CT molecular complexity index is 967. The van der Waals surface area contributed by atoms with E-state index in [0.717, 1.165) is 30.7 Å². The molecular weight excluding hydrogens is 419 g/mol. The Labute approximate surface area is 175 Å². The maximum absolute atomic E-state index is 12.8. The number of nitrogens with zero attached hydrogens (tertiary/aromatic N) is 1. The summed E-state index contributed by atoms with van der Waals surface area (Å²) in [6, 6.07) is 4.66. The van der Waals surface area contributed by atoms with Gasteiger partial charge in [0.15, 0.2) is 0 Å². The van der Waals surface area contributed by atoms with Crippen molar-refractivity contribution >= 4 is 39.4 Å². The van der Waals surface area contributed by atoms with Gasteiger partial charge in [-0.05, 0) is 31.4 Å². The van der Waals surface area contributed by atoms with E-state index < -0.39 is 12.3 Å². The van der Waals surface area contributed by atoms with Crippen molar-refractivity contribution in [2.75, 3.05) is 11.1 Å². The molecule has 0 spiro atoms. The highest BCUT2D eigenvalue weighted by atomic mass is 32.2. The third-order valence-corrected chi connectivity index (χ3v) is 6.43. The number of alkyl halides is 3. The second kappa shape index (κ2) is 8.41. The van der Waals surface area contributed by atoms with Crippen LogP contribution in [-0.4, -0.2) is 45.3 Å². The zero-order valence-corrected chi connectivity index (χ0v) is 16.9. The fourth-order valence-electron chi connectivity index (χ4n) is 3.93. The maximum Gasteiger partial charge on any atom is 0.573 e. The van der Waals surface area contributed by atoms with Crippen molar-refractivity contribution in [1.82, 2.24) is 4.98 Å². The number of aliphatic imine (C=N–C) groups is 1. The fourth-order valence-corrected chi connectivity index (χ4v) is 5.01. The minimum absolute atomic E-state index is 0.0578. The van der Waals surface area contributed by atoms with Crippen LogP contribution in [-0.2, 0) is 4.79 Å². The molecule has 162 valence electrons. The van der Waals surface area contributed by atoms with Gasteiger partial charge < -0.3 is 20.1 Å². The monoisotopic (exact) mass is 441 g/mol. The second-order valence-electron chi connectivity index (χ2n) is 7.62. The predicted molar refractivity (Wildman–Crippen MR) is 111 cm³/mol. The van der Waals surface area contributed by atoms with Gasteiger partial charge in [-0.1, -0.05) is 12.8 Å². The van der Waals surface area contributed by atoms with Crippen LogP contribution in [0.25, 0.3) is 10.9 Å². The van der Waals surface area contributed by atoms with E-state index in [1.54, 1.807) is 6.07 Å². The first-order chi connectivity index (χ1) is 14.3. The second-order valence-corrected chi connectivity index (χ2v) is 8.63. The lowest BCUT2D eigenvalue weighted by Crippen LogP contribution is -2.18. The third kappa shape index (κ3) is 5.03.